The first-order valence-corrected chi connectivity index (χ1v) is 8.01. The van der Waals surface area contributed by atoms with E-state index in [4.69, 9.17) is 9.15 Å². The fraction of sp³-hybridized carbons (Fsp3) is 0.867. The van der Waals surface area contributed by atoms with Crippen molar-refractivity contribution >= 4 is 0 Å². The molecule has 0 bridgehead atoms. The number of rotatable bonds is 4. The van der Waals surface area contributed by atoms with E-state index in [0.717, 1.165) is 44.7 Å². The van der Waals surface area contributed by atoms with E-state index in [9.17, 15) is 5.11 Å². The lowest BCUT2D eigenvalue weighted by Crippen LogP contribution is -2.48. The van der Waals surface area contributed by atoms with Crippen LogP contribution in [0.1, 0.15) is 56.2 Å². The van der Waals surface area contributed by atoms with Crippen molar-refractivity contribution in [2.45, 2.75) is 63.2 Å². The summed E-state index contributed by atoms with van der Waals surface area (Å²) in [4.78, 5) is 2.45. The summed E-state index contributed by atoms with van der Waals surface area (Å²) < 4.78 is 10.7. The van der Waals surface area contributed by atoms with Gasteiger partial charge < -0.3 is 14.3 Å². The predicted molar refractivity (Wildman–Crippen MR) is 76.8 cm³/mol. The third-order valence-corrected chi connectivity index (χ3v) is 4.79. The van der Waals surface area contributed by atoms with Gasteiger partial charge in [-0.15, -0.1) is 10.2 Å². The SMILES string of the molecule is COCc1nnc(C2CCN([C@H]3CCCC[C@H]3O)CC2)o1. The molecular formula is C15H25N3O3. The lowest BCUT2D eigenvalue weighted by atomic mass is 9.88. The summed E-state index contributed by atoms with van der Waals surface area (Å²) in [5.74, 6) is 1.64. The van der Waals surface area contributed by atoms with E-state index >= 15 is 0 Å². The summed E-state index contributed by atoms with van der Waals surface area (Å²) in [6.45, 7) is 2.39. The van der Waals surface area contributed by atoms with Crippen LogP contribution in [0.4, 0.5) is 0 Å². The molecule has 1 saturated carbocycles. The van der Waals surface area contributed by atoms with Gasteiger partial charge in [-0.3, -0.25) is 4.90 Å². The summed E-state index contributed by atoms with van der Waals surface area (Å²) in [7, 11) is 1.62. The van der Waals surface area contributed by atoms with E-state index in [1.54, 1.807) is 7.11 Å². The summed E-state index contributed by atoms with van der Waals surface area (Å²) in [6, 6.07) is 0.353. The largest absolute Gasteiger partial charge is 0.422 e. The van der Waals surface area contributed by atoms with Crippen LogP contribution < -0.4 is 0 Å². The highest BCUT2D eigenvalue weighted by atomic mass is 16.5. The van der Waals surface area contributed by atoms with Crippen molar-refractivity contribution in [2.24, 2.45) is 0 Å². The quantitative estimate of drug-likeness (QED) is 0.911. The molecule has 0 amide bonds. The van der Waals surface area contributed by atoms with Crippen molar-refractivity contribution in [1.29, 1.82) is 0 Å². The second-order valence-corrected chi connectivity index (χ2v) is 6.20. The highest BCUT2D eigenvalue weighted by Crippen LogP contribution is 2.31. The standard InChI is InChI=1S/C15H25N3O3/c1-20-10-14-16-17-15(21-14)11-6-8-18(9-7-11)12-4-2-3-5-13(12)19/h11-13,19H,2-10H2,1H3/t12-,13+/m0/s1. The third-order valence-electron chi connectivity index (χ3n) is 4.79. The molecule has 1 aromatic heterocycles. The number of aromatic nitrogens is 2. The summed E-state index contributed by atoms with van der Waals surface area (Å²) in [5.41, 5.74) is 0. The van der Waals surface area contributed by atoms with Gasteiger partial charge in [0.25, 0.3) is 0 Å². The molecule has 118 valence electrons. The molecule has 0 aromatic carbocycles. The van der Waals surface area contributed by atoms with E-state index in [0.29, 0.717) is 24.5 Å². The number of ether oxygens (including phenoxy) is 1. The maximum Gasteiger partial charge on any atom is 0.242 e. The van der Waals surface area contributed by atoms with Crippen LogP contribution in [0, 0.1) is 0 Å². The fourth-order valence-electron chi connectivity index (χ4n) is 3.61. The van der Waals surface area contributed by atoms with Gasteiger partial charge in [0.15, 0.2) is 0 Å². The van der Waals surface area contributed by atoms with Crippen LogP contribution in [0.2, 0.25) is 0 Å². The van der Waals surface area contributed by atoms with Crippen molar-refractivity contribution in [2.75, 3.05) is 20.2 Å². The average Bonchev–Trinajstić information content (AvgIpc) is 2.97. The van der Waals surface area contributed by atoms with Gasteiger partial charge in [0, 0.05) is 19.1 Å². The first-order valence-electron chi connectivity index (χ1n) is 8.01. The fourth-order valence-corrected chi connectivity index (χ4v) is 3.61. The predicted octanol–water partition coefficient (Wildman–Crippen LogP) is 1.70. The zero-order chi connectivity index (χ0) is 14.7. The number of hydrogen-bond acceptors (Lipinski definition) is 6. The highest BCUT2D eigenvalue weighted by molar-refractivity contribution is 4.96. The molecular weight excluding hydrogens is 270 g/mol. The Kier molecular flexibility index (Phi) is 4.87. The van der Waals surface area contributed by atoms with Crippen molar-refractivity contribution in [3.8, 4) is 0 Å². The molecule has 1 aliphatic carbocycles. The number of piperidine rings is 1. The van der Waals surface area contributed by atoms with Gasteiger partial charge in [-0.1, -0.05) is 12.8 Å². The number of methoxy groups -OCH3 is 1. The maximum atomic E-state index is 10.2. The summed E-state index contributed by atoms with van der Waals surface area (Å²) >= 11 is 0. The molecule has 2 aliphatic rings. The molecule has 0 unspecified atom stereocenters. The molecule has 2 atom stereocenters. The molecule has 2 fully saturated rings. The molecule has 1 saturated heterocycles. The van der Waals surface area contributed by atoms with Crippen LogP contribution >= 0.6 is 0 Å². The Morgan fingerprint density at radius 1 is 1.19 bits per heavy atom. The second kappa shape index (κ2) is 6.85. The number of aliphatic hydroxyl groups excluding tert-OH is 1. The Balaban J connectivity index is 1.54. The molecule has 3 rings (SSSR count). The van der Waals surface area contributed by atoms with Gasteiger partial charge in [0.05, 0.1) is 6.10 Å². The van der Waals surface area contributed by atoms with Crippen molar-refractivity contribution in [1.82, 2.24) is 15.1 Å². The molecule has 2 heterocycles. The minimum atomic E-state index is -0.146. The Morgan fingerprint density at radius 3 is 2.67 bits per heavy atom. The average molecular weight is 295 g/mol. The Hall–Kier alpha value is -0.980. The van der Waals surface area contributed by atoms with E-state index in [2.05, 4.69) is 15.1 Å². The highest BCUT2D eigenvalue weighted by Gasteiger charge is 2.33. The molecule has 0 radical (unpaired) electrons. The van der Waals surface area contributed by atoms with E-state index in [1.165, 1.54) is 12.8 Å². The van der Waals surface area contributed by atoms with E-state index < -0.39 is 0 Å². The first kappa shape index (κ1) is 14.9. The molecule has 6 nitrogen and oxygen atoms in total. The van der Waals surface area contributed by atoms with Crippen LogP contribution in [0.25, 0.3) is 0 Å². The first-order chi connectivity index (χ1) is 10.3. The third kappa shape index (κ3) is 3.44. The second-order valence-electron chi connectivity index (χ2n) is 6.20. The van der Waals surface area contributed by atoms with E-state index in [-0.39, 0.29) is 6.10 Å². The molecule has 21 heavy (non-hydrogen) atoms. The van der Waals surface area contributed by atoms with Gasteiger partial charge in [-0.05, 0) is 38.8 Å². The zero-order valence-electron chi connectivity index (χ0n) is 12.7. The van der Waals surface area contributed by atoms with Gasteiger partial charge in [-0.2, -0.15) is 0 Å². The molecule has 1 N–H and O–H groups in total. The van der Waals surface area contributed by atoms with Crippen molar-refractivity contribution in [3.63, 3.8) is 0 Å². The van der Waals surface area contributed by atoms with Crippen LogP contribution in [-0.2, 0) is 11.3 Å². The number of nitrogens with zero attached hydrogens (tertiary/aromatic N) is 3. The minimum Gasteiger partial charge on any atom is -0.422 e. The van der Waals surface area contributed by atoms with Crippen LogP contribution in [0.5, 0.6) is 0 Å². The van der Waals surface area contributed by atoms with E-state index in [1.807, 2.05) is 0 Å². The van der Waals surface area contributed by atoms with Crippen LogP contribution in [0.15, 0.2) is 4.42 Å². The molecule has 6 heteroatoms. The summed E-state index contributed by atoms with van der Waals surface area (Å²) in [6.07, 6.45) is 6.39. The number of aliphatic hydroxyl groups is 1. The Bertz CT molecular complexity index is 443. The Morgan fingerprint density at radius 2 is 1.95 bits per heavy atom. The Labute approximate surface area is 125 Å². The van der Waals surface area contributed by atoms with Crippen molar-refractivity contribution < 1.29 is 14.3 Å². The monoisotopic (exact) mass is 295 g/mol. The number of hydrogen-bond donors (Lipinski definition) is 1. The van der Waals surface area contributed by atoms with Gasteiger partial charge in [0.2, 0.25) is 11.8 Å². The molecule has 1 aliphatic heterocycles. The van der Waals surface area contributed by atoms with Gasteiger partial charge in [0.1, 0.15) is 6.61 Å². The van der Waals surface area contributed by atoms with Crippen LogP contribution in [0.3, 0.4) is 0 Å². The minimum absolute atomic E-state index is 0.146. The smallest absolute Gasteiger partial charge is 0.242 e. The van der Waals surface area contributed by atoms with Crippen LogP contribution in [-0.4, -0.2) is 52.5 Å². The summed E-state index contributed by atoms with van der Waals surface area (Å²) in [5, 5.41) is 18.3. The van der Waals surface area contributed by atoms with Gasteiger partial charge in [-0.25, -0.2) is 0 Å². The maximum absolute atomic E-state index is 10.2. The molecule has 1 aromatic rings. The normalized spacial score (nSPS) is 28.9. The lowest BCUT2D eigenvalue weighted by molar-refractivity contribution is 0.00743. The lowest BCUT2D eigenvalue weighted by Gasteiger charge is -2.41. The van der Waals surface area contributed by atoms with Gasteiger partial charge >= 0.3 is 0 Å². The zero-order valence-corrected chi connectivity index (χ0v) is 12.7. The van der Waals surface area contributed by atoms with Crippen molar-refractivity contribution in [3.05, 3.63) is 11.8 Å². The topological polar surface area (TPSA) is 71.6 Å². The number of likely N-dealkylation sites (tertiary alicyclic amines) is 1. The molecule has 0 spiro atoms.